The van der Waals surface area contributed by atoms with Gasteiger partial charge in [0, 0.05) is 5.02 Å². The van der Waals surface area contributed by atoms with Gasteiger partial charge >= 0.3 is 0 Å². The number of rotatable bonds is 1. The fourth-order valence-electron chi connectivity index (χ4n) is 2.13. The molecule has 1 aliphatic carbocycles. The van der Waals surface area contributed by atoms with Crippen molar-refractivity contribution in [1.29, 1.82) is 0 Å². The van der Waals surface area contributed by atoms with Crippen molar-refractivity contribution in [2.45, 2.75) is 6.42 Å². The van der Waals surface area contributed by atoms with E-state index in [0.29, 0.717) is 22.8 Å². The number of carbonyl (C=O) groups is 2. The molecule has 4 nitrogen and oxygen atoms in total. The first-order valence-electron chi connectivity index (χ1n) is 5.02. The van der Waals surface area contributed by atoms with Gasteiger partial charge in [0.15, 0.2) is 0 Å². The van der Waals surface area contributed by atoms with Crippen molar-refractivity contribution < 1.29 is 9.59 Å². The van der Waals surface area contributed by atoms with Crippen LogP contribution in [0.5, 0.6) is 0 Å². The topological polar surface area (TPSA) is 63.4 Å². The lowest BCUT2D eigenvalue weighted by atomic mass is 10.2. The van der Waals surface area contributed by atoms with Gasteiger partial charge in [0.25, 0.3) is 0 Å². The smallest absolute Gasteiger partial charge is 0.237 e. The van der Waals surface area contributed by atoms with Crippen LogP contribution < -0.4 is 10.6 Å². The first-order chi connectivity index (χ1) is 7.59. The van der Waals surface area contributed by atoms with Gasteiger partial charge in [-0.25, -0.2) is 4.90 Å². The monoisotopic (exact) mass is 236 g/mol. The number of halogens is 1. The first kappa shape index (κ1) is 9.66. The lowest BCUT2D eigenvalue weighted by Gasteiger charge is -2.18. The molecule has 1 aromatic rings. The van der Waals surface area contributed by atoms with Crippen LogP contribution in [0.4, 0.5) is 11.4 Å². The number of amides is 2. The summed E-state index contributed by atoms with van der Waals surface area (Å²) in [5.74, 6) is -0.537. The summed E-state index contributed by atoms with van der Waals surface area (Å²) in [5, 5.41) is 0.463. The Hall–Kier alpha value is -1.55. The summed E-state index contributed by atoms with van der Waals surface area (Å²) in [6.45, 7) is 0. The minimum absolute atomic E-state index is 0.120. The molecule has 2 unspecified atom stereocenters. The molecule has 5 heteroatoms. The number of benzene rings is 1. The van der Waals surface area contributed by atoms with Crippen molar-refractivity contribution in [3.05, 3.63) is 23.2 Å². The molecule has 1 saturated carbocycles. The van der Waals surface area contributed by atoms with E-state index in [1.165, 1.54) is 4.90 Å². The summed E-state index contributed by atoms with van der Waals surface area (Å²) in [5.41, 5.74) is 6.56. The number of imide groups is 1. The zero-order valence-electron chi connectivity index (χ0n) is 8.31. The van der Waals surface area contributed by atoms with Crippen LogP contribution in [-0.4, -0.2) is 11.8 Å². The maximum atomic E-state index is 11.8. The van der Waals surface area contributed by atoms with Gasteiger partial charge in [-0.3, -0.25) is 9.59 Å². The molecule has 2 N–H and O–H groups in total. The largest absolute Gasteiger partial charge is 0.397 e. The van der Waals surface area contributed by atoms with Crippen molar-refractivity contribution in [3.8, 4) is 0 Å². The summed E-state index contributed by atoms with van der Waals surface area (Å²) in [7, 11) is 0. The zero-order chi connectivity index (χ0) is 11.4. The number of hydrogen-bond acceptors (Lipinski definition) is 3. The molecule has 1 aliphatic heterocycles. The Bertz CT molecular complexity index is 495. The molecule has 1 heterocycles. The Kier molecular flexibility index (Phi) is 1.80. The van der Waals surface area contributed by atoms with Gasteiger partial charge in [-0.15, -0.1) is 0 Å². The minimum atomic E-state index is -0.149. The average Bonchev–Trinajstić information content (AvgIpc) is 2.98. The number of anilines is 2. The second-order valence-electron chi connectivity index (χ2n) is 4.16. The van der Waals surface area contributed by atoms with Crippen LogP contribution in [0.15, 0.2) is 18.2 Å². The van der Waals surface area contributed by atoms with E-state index in [1.54, 1.807) is 18.2 Å². The number of piperidine rings is 1. The van der Waals surface area contributed by atoms with Crippen molar-refractivity contribution in [3.63, 3.8) is 0 Å². The highest BCUT2D eigenvalue weighted by Crippen LogP contribution is 2.49. The number of carbonyl (C=O) groups excluding carboxylic acids is 2. The molecule has 16 heavy (non-hydrogen) atoms. The van der Waals surface area contributed by atoms with Crippen molar-refractivity contribution in [1.82, 2.24) is 0 Å². The van der Waals surface area contributed by atoms with E-state index in [0.717, 1.165) is 0 Å². The van der Waals surface area contributed by atoms with E-state index >= 15 is 0 Å². The molecule has 2 amide bonds. The van der Waals surface area contributed by atoms with E-state index in [1.807, 2.05) is 0 Å². The second kappa shape index (κ2) is 2.98. The molecule has 82 valence electrons. The summed E-state index contributed by atoms with van der Waals surface area (Å²) < 4.78 is 0. The molecule has 0 radical (unpaired) electrons. The summed E-state index contributed by atoms with van der Waals surface area (Å²) in [6, 6.07) is 4.78. The highest BCUT2D eigenvalue weighted by molar-refractivity contribution is 6.32. The van der Waals surface area contributed by atoms with Crippen molar-refractivity contribution in [2.24, 2.45) is 11.8 Å². The van der Waals surface area contributed by atoms with Crippen LogP contribution in [-0.2, 0) is 9.59 Å². The van der Waals surface area contributed by atoms with Crippen LogP contribution in [0.1, 0.15) is 6.42 Å². The fourth-order valence-corrected chi connectivity index (χ4v) is 2.30. The number of fused-ring (bicyclic) bond motifs is 1. The Morgan fingerprint density at radius 1 is 1.25 bits per heavy atom. The molecule has 1 aromatic carbocycles. The number of nitrogens with zero attached hydrogens (tertiary/aromatic N) is 1. The lowest BCUT2D eigenvalue weighted by molar-refractivity contribution is -0.123. The zero-order valence-corrected chi connectivity index (χ0v) is 9.07. The Morgan fingerprint density at radius 2 is 1.88 bits per heavy atom. The third-order valence-corrected chi connectivity index (χ3v) is 3.33. The molecule has 2 atom stereocenters. The third-order valence-electron chi connectivity index (χ3n) is 3.10. The normalized spacial score (nSPS) is 27.2. The van der Waals surface area contributed by atoms with Gasteiger partial charge in [-0.2, -0.15) is 0 Å². The maximum absolute atomic E-state index is 11.8. The van der Waals surface area contributed by atoms with Crippen molar-refractivity contribution in [2.75, 3.05) is 10.6 Å². The molecule has 0 bridgehead atoms. The molecule has 3 rings (SSSR count). The van der Waals surface area contributed by atoms with Crippen molar-refractivity contribution >= 4 is 34.8 Å². The predicted octanol–water partition coefficient (Wildman–Crippen LogP) is 1.43. The summed E-state index contributed by atoms with van der Waals surface area (Å²) in [4.78, 5) is 24.8. The second-order valence-corrected chi connectivity index (χ2v) is 4.60. The molecule has 2 fully saturated rings. The van der Waals surface area contributed by atoms with Crippen LogP contribution in [0, 0.1) is 11.8 Å². The van der Waals surface area contributed by atoms with E-state index < -0.39 is 0 Å². The SMILES string of the molecule is Nc1ccc(Cl)cc1N1C(=O)C2CC2C1=O. The Balaban J connectivity index is 2.07. The standard InChI is InChI=1S/C11H9ClN2O2/c12-5-1-2-8(13)9(3-5)14-10(15)6-4-7(6)11(14)16/h1-3,6-7H,4,13H2. The minimum Gasteiger partial charge on any atom is -0.397 e. The summed E-state index contributed by atoms with van der Waals surface area (Å²) in [6.07, 6.45) is 0.689. The third kappa shape index (κ3) is 1.16. The number of nitrogen functional groups attached to an aromatic ring is 1. The van der Waals surface area contributed by atoms with Gasteiger partial charge in [0.1, 0.15) is 0 Å². The van der Waals surface area contributed by atoms with Crippen LogP contribution in [0.3, 0.4) is 0 Å². The van der Waals surface area contributed by atoms with E-state index in [2.05, 4.69) is 0 Å². The molecule has 2 aliphatic rings. The van der Waals surface area contributed by atoms with Crippen LogP contribution >= 0.6 is 11.6 Å². The fraction of sp³-hybridized carbons (Fsp3) is 0.273. The molecular formula is C11H9ClN2O2. The highest BCUT2D eigenvalue weighted by atomic mass is 35.5. The molecule has 1 saturated heterocycles. The van der Waals surface area contributed by atoms with Crippen LogP contribution in [0.2, 0.25) is 5.02 Å². The first-order valence-corrected chi connectivity index (χ1v) is 5.40. The highest BCUT2D eigenvalue weighted by Gasteiger charge is 2.59. The molecule has 0 spiro atoms. The molecule has 0 aromatic heterocycles. The van der Waals surface area contributed by atoms with Gasteiger partial charge < -0.3 is 5.73 Å². The van der Waals surface area contributed by atoms with Gasteiger partial charge in [0.05, 0.1) is 23.2 Å². The maximum Gasteiger partial charge on any atom is 0.237 e. The summed E-state index contributed by atoms with van der Waals surface area (Å²) >= 11 is 5.83. The Morgan fingerprint density at radius 3 is 2.50 bits per heavy atom. The number of nitrogens with two attached hydrogens (primary N) is 1. The lowest BCUT2D eigenvalue weighted by Crippen LogP contribution is -2.33. The Labute approximate surface area is 97.0 Å². The van der Waals surface area contributed by atoms with Crippen LogP contribution in [0.25, 0.3) is 0 Å². The molecular weight excluding hydrogens is 228 g/mol. The number of hydrogen-bond donors (Lipinski definition) is 1. The van der Waals surface area contributed by atoms with E-state index in [4.69, 9.17) is 17.3 Å². The quantitative estimate of drug-likeness (QED) is 0.593. The average molecular weight is 237 g/mol. The van der Waals surface area contributed by atoms with E-state index in [-0.39, 0.29) is 23.7 Å². The van der Waals surface area contributed by atoms with Gasteiger partial charge in [-0.05, 0) is 24.6 Å². The van der Waals surface area contributed by atoms with Gasteiger partial charge in [-0.1, -0.05) is 11.6 Å². The van der Waals surface area contributed by atoms with E-state index in [9.17, 15) is 9.59 Å². The predicted molar refractivity (Wildman–Crippen MR) is 60.0 cm³/mol. The van der Waals surface area contributed by atoms with Gasteiger partial charge in [0.2, 0.25) is 11.8 Å².